The molecule has 9 nitrogen and oxygen atoms in total. The molecule has 0 spiro atoms. The average Bonchev–Trinajstić information content (AvgIpc) is 3.47. The number of ether oxygens (including phenoxy) is 2. The zero-order valence-electron chi connectivity index (χ0n) is 31.3. The van der Waals surface area contributed by atoms with Crippen LogP contribution in [0.15, 0.2) is 54.7 Å². The van der Waals surface area contributed by atoms with Gasteiger partial charge in [-0.3, -0.25) is 4.98 Å². The Morgan fingerprint density at radius 2 is 1.53 bits per heavy atom. The van der Waals surface area contributed by atoms with Crippen molar-refractivity contribution in [3.8, 4) is 22.8 Å². The van der Waals surface area contributed by atoms with Gasteiger partial charge in [-0.25, -0.2) is 14.1 Å². The molecule has 0 fully saturated rings. The van der Waals surface area contributed by atoms with Crippen molar-refractivity contribution >= 4 is 27.5 Å². The van der Waals surface area contributed by atoms with Gasteiger partial charge in [0.05, 0.1) is 53.4 Å². The minimum absolute atomic E-state index is 0.0530. The van der Waals surface area contributed by atoms with Gasteiger partial charge in [0.1, 0.15) is 18.5 Å². The molecular formula is C37H56FN5O4Si2. The van der Waals surface area contributed by atoms with Gasteiger partial charge >= 0.3 is 0 Å². The summed E-state index contributed by atoms with van der Waals surface area (Å²) >= 11 is 0. The summed E-state index contributed by atoms with van der Waals surface area (Å²) in [7, 11) is -2.31. The van der Waals surface area contributed by atoms with E-state index in [-0.39, 0.29) is 16.5 Å². The van der Waals surface area contributed by atoms with Crippen molar-refractivity contribution in [2.24, 2.45) is 5.73 Å². The highest BCUT2D eigenvalue weighted by atomic mass is 28.4. The number of methoxy groups -OCH3 is 1. The number of nitrogens with zero attached hydrogens (tertiary/aromatic N) is 4. The highest BCUT2D eigenvalue weighted by Gasteiger charge is 2.38. The maximum absolute atomic E-state index is 15.5. The lowest BCUT2D eigenvalue weighted by Crippen LogP contribution is -2.41. The van der Waals surface area contributed by atoms with Crippen molar-refractivity contribution in [1.82, 2.24) is 19.7 Å². The zero-order valence-corrected chi connectivity index (χ0v) is 33.3. The SMILES string of the molecule is COCCOc1cc(-c2cccc([C@@H](N)C(F)CCO[Si](C)(C)C(C)(C)C)n2)cc2c1cnn2-c1cccc(CO[Si](C)(C)C(C)(C)C)n1. The first kappa shape index (κ1) is 38.8. The first-order valence-corrected chi connectivity index (χ1v) is 22.9. The van der Waals surface area contributed by atoms with Gasteiger partial charge in [0, 0.05) is 25.7 Å². The Hall–Kier alpha value is -3.01. The van der Waals surface area contributed by atoms with Gasteiger partial charge in [-0.2, -0.15) is 5.10 Å². The molecule has 0 saturated carbocycles. The van der Waals surface area contributed by atoms with E-state index < -0.39 is 28.8 Å². The fourth-order valence-electron chi connectivity index (χ4n) is 4.72. The molecule has 1 unspecified atom stereocenters. The number of fused-ring (bicyclic) bond motifs is 1. The number of halogens is 1. The molecule has 49 heavy (non-hydrogen) atoms. The number of benzene rings is 1. The Morgan fingerprint density at radius 1 is 0.857 bits per heavy atom. The van der Waals surface area contributed by atoms with Crippen molar-refractivity contribution < 1.29 is 22.7 Å². The smallest absolute Gasteiger partial charge is 0.192 e. The van der Waals surface area contributed by atoms with E-state index in [0.29, 0.717) is 49.4 Å². The second-order valence-electron chi connectivity index (χ2n) is 15.7. The molecule has 2 N–H and O–H groups in total. The number of aromatic nitrogens is 4. The van der Waals surface area contributed by atoms with E-state index in [1.807, 2.05) is 42.5 Å². The standard InChI is InChI=1S/C37H56FN5O4Si2/c1-36(2,3)48(8,9)46-19-18-29(38)35(39)31-16-13-15-30(42-31)26-22-32-28(33(23-26)45-21-20-44-7)24-40-43(32)34-17-12-14-27(41-34)25-47-49(10,11)37(4,5)6/h12-17,22-24,29,35H,18-21,25,39H2,1-11H3/t29?,35-/m0/s1. The molecule has 0 bridgehead atoms. The van der Waals surface area contributed by atoms with Gasteiger partial charge in [0.15, 0.2) is 22.5 Å². The quantitative estimate of drug-likeness (QED) is 0.0965. The molecule has 4 rings (SSSR count). The number of rotatable bonds is 15. The maximum atomic E-state index is 15.5. The molecule has 2 atom stereocenters. The van der Waals surface area contributed by atoms with Crippen LogP contribution in [0.25, 0.3) is 28.0 Å². The number of alkyl halides is 1. The summed E-state index contributed by atoms with van der Waals surface area (Å²) in [5.74, 6) is 1.30. The van der Waals surface area contributed by atoms with Crippen molar-refractivity contribution in [3.63, 3.8) is 0 Å². The predicted molar refractivity (Wildman–Crippen MR) is 201 cm³/mol. The lowest BCUT2D eigenvalue weighted by Gasteiger charge is -2.36. The molecular weight excluding hydrogens is 654 g/mol. The van der Waals surface area contributed by atoms with Gasteiger partial charge in [0.2, 0.25) is 0 Å². The van der Waals surface area contributed by atoms with Crippen LogP contribution >= 0.6 is 0 Å². The Kier molecular flexibility index (Phi) is 12.3. The molecule has 0 amide bonds. The maximum Gasteiger partial charge on any atom is 0.192 e. The van der Waals surface area contributed by atoms with Crippen LogP contribution in [0.5, 0.6) is 5.75 Å². The third-order valence-corrected chi connectivity index (χ3v) is 19.1. The van der Waals surface area contributed by atoms with Crippen LogP contribution in [0.4, 0.5) is 4.39 Å². The van der Waals surface area contributed by atoms with E-state index in [1.165, 1.54) is 0 Å². The molecule has 268 valence electrons. The van der Waals surface area contributed by atoms with Gasteiger partial charge in [0.25, 0.3) is 0 Å². The number of pyridine rings is 2. The van der Waals surface area contributed by atoms with E-state index in [0.717, 1.165) is 22.2 Å². The Balaban J connectivity index is 1.64. The van der Waals surface area contributed by atoms with E-state index in [9.17, 15) is 0 Å². The molecule has 3 heterocycles. The van der Waals surface area contributed by atoms with Gasteiger partial charge in [-0.05, 0) is 72.7 Å². The Labute approximate surface area is 294 Å². The third kappa shape index (κ3) is 9.41. The number of hydrogen-bond donors (Lipinski definition) is 1. The topological polar surface area (TPSA) is 107 Å². The van der Waals surface area contributed by atoms with Crippen LogP contribution in [0.3, 0.4) is 0 Å². The molecule has 12 heteroatoms. The fraction of sp³-hybridized carbons (Fsp3) is 0.541. The minimum atomic E-state index is -1.98. The molecule has 1 aromatic carbocycles. The van der Waals surface area contributed by atoms with Crippen LogP contribution in [0, 0.1) is 0 Å². The molecule has 0 aliphatic heterocycles. The van der Waals surface area contributed by atoms with Crippen LogP contribution in [-0.4, -0.2) is 69.5 Å². The summed E-state index contributed by atoms with van der Waals surface area (Å²) in [6, 6.07) is 14.4. The minimum Gasteiger partial charge on any atom is -0.490 e. The molecule has 3 aromatic heterocycles. The molecule has 4 aromatic rings. The monoisotopic (exact) mass is 709 g/mol. The predicted octanol–water partition coefficient (Wildman–Crippen LogP) is 8.78. The van der Waals surface area contributed by atoms with E-state index in [2.05, 4.69) is 67.7 Å². The Bertz CT molecular complexity index is 1700. The van der Waals surface area contributed by atoms with Crippen LogP contribution in [0.2, 0.25) is 36.3 Å². The fourth-order valence-corrected chi connectivity index (χ4v) is 6.72. The second-order valence-corrected chi connectivity index (χ2v) is 25.3. The number of hydrogen-bond acceptors (Lipinski definition) is 8. The summed E-state index contributed by atoms with van der Waals surface area (Å²) in [6.45, 7) is 23.5. The molecule has 0 radical (unpaired) electrons. The van der Waals surface area contributed by atoms with Gasteiger partial charge in [-0.1, -0.05) is 53.7 Å². The lowest BCUT2D eigenvalue weighted by molar-refractivity contribution is 0.147. The summed E-state index contributed by atoms with van der Waals surface area (Å²) < 4.78 is 41.3. The van der Waals surface area contributed by atoms with Crippen LogP contribution < -0.4 is 10.5 Å². The van der Waals surface area contributed by atoms with Crippen molar-refractivity contribution in [1.29, 1.82) is 0 Å². The van der Waals surface area contributed by atoms with Crippen molar-refractivity contribution in [3.05, 3.63) is 66.1 Å². The Morgan fingerprint density at radius 3 is 2.20 bits per heavy atom. The van der Waals surface area contributed by atoms with Crippen molar-refractivity contribution in [2.45, 2.75) is 103 Å². The second kappa shape index (κ2) is 15.5. The third-order valence-electron chi connectivity index (χ3n) is 10.1. The summed E-state index contributed by atoms with van der Waals surface area (Å²) in [4.78, 5) is 9.76. The summed E-state index contributed by atoms with van der Waals surface area (Å²) in [6.07, 6.45) is 0.680. The van der Waals surface area contributed by atoms with Crippen molar-refractivity contribution in [2.75, 3.05) is 26.9 Å². The van der Waals surface area contributed by atoms with E-state index in [4.69, 9.17) is 39.1 Å². The first-order valence-electron chi connectivity index (χ1n) is 17.1. The lowest BCUT2D eigenvalue weighted by atomic mass is 10.0. The summed E-state index contributed by atoms with van der Waals surface area (Å²) in [5.41, 5.74) is 9.97. The highest BCUT2D eigenvalue weighted by Crippen LogP contribution is 2.38. The van der Waals surface area contributed by atoms with Crippen LogP contribution in [0.1, 0.15) is 65.4 Å². The van der Waals surface area contributed by atoms with Crippen LogP contribution in [-0.2, 0) is 20.2 Å². The highest BCUT2D eigenvalue weighted by molar-refractivity contribution is 6.74. The van der Waals surface area contributed by atoms with Gasteiger partial charge < -0.3 is 24.1 Å². The largest absolute Gasteiger partial charge is 0.490 e. The average molecular weight is 710 g/mol. The molecule has 0 aliphatic rings. The van der Waals surface area contributed by atoms with E-state index in [1.54, 1.807) is 24.1 Å². The first-order chi connectivity index (χ1) is 22.8. The van der Waals surface area contributed by atoms with E-state index >= 15 is 4.39 Å². The molecule has 0 aliphatic carbocycles. The molecule has 0 saturated heterocycles. The normalized spacial score (nSPS) is 14.3. The zero-order chi connectivity index (χ0) is 36.2. The number of nitrogens with two attached hydrogens (primary N) is 1. The summed E-state index contributed by atoms with van der Waals surface area (Å²) in [5, 5.41) is 5.69. The van der Waals surface area contributed by atoms with Gasteiger partial charge in [-0.15, -0.1) is 0 Å².